The van der Waals surface area contributed by atoms with E-state index in [2.05, 4.69) is 32.4 Å². The Morgan fingerprint density at radius 1 is 1.14 bits per heavy atom. The van der Waals surface area contributed by atoms with Crippen LogP contribution >= 0.6 is 12.9 Å². The summed E-state index contributed by atoms with van der Waals surface area (Å²) in [6.07, 6.45) is 8.29. The summed E-state index contributed by atoms with van der Waals surface area (Å²) < 4.78 is 30.6. The highest BCUT2D eigenvalue weighted by Crippen LogP contribution is 2.42. The van der Waals surface area contributed by atoms with E-state index in [4.69, 9.17) is 0 Å². The van der Waals surface area contributed by atoms with Gasteiger partial charge in [0, 0.05) is 19.5 Å². The Hall–Kier alpha value is -2.28. The van der Waals surface area contributed by atoms with Crippen molar-refractivity contribution in [3.8, 4) is 0 Å². The predicted octanol–water partition coefficient (Wildman–Crippen LogP) is 1.31. The zero-order valence-electron chi connectivity index (χ0n) is 19.8. The SMILES string of the molecule is CC1(S(=O)(=O)NC(=O)C2C/C=C\CCCCC[C@H](NC(=O)OS)C(=O)N3CCCC3C(=O)N2)CC1. The summed E-state index contributed by atoms with van der Waals surface area (Å²) >= 11 is 3.48. The maximum absolute atomic E-state index is 13.3. The van der Waals surface area contributed by atoms with Gasteiger partial charge in [-0.05, 0) is 58.3 Å². The van der Waals surface area contributed by atoms with Crippen LogP contribution in [0.4, 0.5) is 4.79 Å². The summed E-state index contributed by atoms with van der Waals surface area (Å²) in [5, 5.41) is 5.16. The summed E-state index contributed by atoms with van der Waals surface area (Å²) in [5.41, 5.74) is 0. The smallest absolute Gasteiger partial charge is 0.378 e. The topological polar surface area (TPSA) is 151 Å². The lowest BCUT2D eigenvalue weighted by atomic mass is 10.1. The molecule has 0 aromatic heterocycles. The van der Waals surface area contributed by atoms with Gasteiger partial charge >= 0.3 is 6.09 Å². The third kappa shape index (κ3) is 6.90. The van der Waals surface area contributed by atoms with Gasteiger partial charge in [-0.3, -0.25) is 19.1 Å². The number of sulfonamides is 1. The number of nitrogens with one attached hydrogen (secondary N) is 3. The molecule has 2 heterocycles. The van der Waals surface area contributed by atoms with Crippen LogP contribution in [0.15, 0.2) is 12.2 Å². The first-order valence-corrected chi connectivity index (χ1v) is 13.9. The minimum atomic E-state index is -3.86. The van der Waals surface area contributed by atoms with Gasteiger partial charge < -0.3 is 19.7 Å². The van der Waals surface area contributed by atoms with Crippen LogP contribution in [0.5, 0.6) is 0 Å². The molecule has 0 bridgehead atoms. The molecule has 3 aliphatic rings. The quantitative estimate of drug-likeness (QED) is 0.243. The average molecular weight is 531 g/mol. The monoisotopic (exact) mass is 530 g/mol. The lowest BCUT2D eigenvalue weighted by molar-refractivity contribution is -0.140. The Labute approximate surface area is 211 Å². The van der Waals surface area contributed by atoms with E-state index >= 15 is 0 Å². The second-order valence-corrected chi connectivity index (χ2v) is 12.0. The fourth-order valence-electron chi connectivity index (χ4n) is 4.34. The van der Waals surface area contributed by atoms with E-state index in [0.717, 1.165) is 19.3 Å². The molecule has 2 unspecified atom stereocenters. The second-order valence-electron chi connectivity index (χ2n) is 9.59. The van der Waals surface area contributed by atoms with Crippen molar-refractivity contribution in [2.24, 2.45) is 0 Å². The van der Waals surface area contributed by atoms with E-state index in [0.29, 0.717) is 45.1 Å². The number of hydrogen-bond donors (Lipinski definition) is 4. The zero-order chi connectivity index (χ0) is 25.6. The molecule has 0 aromatic rings. The molecule has 196 valence electrons. The molecule has 3 rings (SSSR count). The van der Waals surface area contributed by atoms with Gasteiger partial charge in [0.2, 0.25) is 21.8 Å². The van der Waals surface area contributed by atoms with Crippen LogP contribution < -0.4 is 15.4 Å². The third-order valence-electron chi connectivity index (χ3n) is 6.88. The van der Waals surface area contributed by atoms with E-state index in [9.17, 15) is 27.6 Å². The Bertz CT molecular complexity index is 965. The number of carbonyl (C=O) groups is 4. The highest BCUT2D eigenvalue weighted by molar-refractivity contribution is 7.91. The highest BCUT2D eigenvalue weighted by atomic mass is 32.2. The van der Waals surface area contributed by atoms with Crippen LogP contribution in [-0.4, -0.2) is 66.5 Å². The van der Waals surface area contributed by atoms with Crippen molar-refractivity contribution in [2.45, 2.75) is 94.0 Å². The van der Waals surface area contributed by atoms with Crippen molar-refractivity contribution < 1.29 is 31.8 Å². The van der Waals surface area contributed by atoms with Crippen LogP contribution in [-0.2, 0) is 28.6 Å². The van der Waals surface area contributed by atoms with Crippen LogP contribution in [0.3, 0.4) is 0 Å². The van der Waals surface area contributed by atoms with Gasteiger partial charge in [-0.2, -0.15) is 0 Å². The van der Waals surface area contributed by atoms with Gasteiger partial charge in [0.25, 0.3) is 5.91 Å². The third-order valence-corrected chi connectivity index (χ3v) is 9.23. The molecule has 35 heavy (non-hydrogen) atoms. The molecular formula is C22H34N4O7S2. The number of hydrogen-bond acceptors (Lipinski definition) is 8. The molecule has 1 saturated carbocycles. The van der Waals surface area contributed by atoms with Crippen LogP contribution in [0.1, 0.15) is 71.1 Å². The predicted molar refractivity (Wildman–Crippen MR) is 131 cm³/mol. The Morgan fingerprint density at radius 2 is 1.89 bits per heavy atom. The van der Waals surface area contributed by atoms with Crippen molar-refractivity contribution >= 4 is 46.7 Å². The van der Waals surface area contributed by atoms with E-state index in [1.807, 2.05) is 6.08 Å². The molecule has 2 aliphatic heterocycles. The van der Waals surface area contributed by atoms with Crippen LogP contribution in [0.25, 0.3) is 0 Å². The average Bonchev–Trinajstić information content (AvgIpc) is 3.39. The Kier molecular flexibility index (Phi) is 9.08. The summed E-state index contributed by atoms with van der Waals surface area (Å²) in [7, 11) is -3.86. The minimum absolute atomic E-state index is 0.127. The van der Waals surface area contributed by atoms with Crippen molar-refractivity contribution in [1.29, 1.82) is 0 Å². The zero-order valence-corrected chi connectivity index (χ0v) is 21.5. The van der Waals surface area contributed by atoms with Gasteiger partial charge in [-0.15, -0.1) is 0 Å². The van der Waals surface area contributed by atoms with E-state index in [-0.39, 0.29) is 6.42 Å². The number of carbonyl (C=O) groups excluding carboxylic acids is 4. The lowest BCUT2D eigenvalue weighted by Gasteiger charge is -2.29. The maximum atomic E-state index is 13.3. The largest absolute Gasteiger partial charge is 0.419 e. The lowest BCUT2D eigenvalue weighted by Crippen LogP contribution is -2.56. The normalized spacial score (nSPS) is 28.5. The van der Waals surface area contributed by atoms with E-state index < -0.39 is 56.7 Å². The van der Waals surface area contributed by atoms with Crippen molar-refractivity contribution in [2.75, 3.05) is 6.54 Å². The summed E-state index contributed by atoms with van der Waals surface area (Å²) in [4.78, 5) is 52.5. The molecule has 0 spiro atoms. The molecule has 3 atom stereocenters. The number of allylic oxidation sites excluding steroid dienone is 1. The fraction of sp³-hybridized carbons (Fsp3) is 0.727. The highest BCUT2D eigenvalue weighted by Gasteiger charge is 2.51. The first kappa shape index (κ1) is 27.3. The molecule has 1 saturated heterocycles. The fourth-order valence-corrected chi connectivity index (χ4v) is 5.68. The maximum Gasteiger partial charge on any atom is 0.419 e. The number of rotatable bonds is 4. The van der Waals surface area contributed by atoms with Gasteiger partial charge in [0.1, 0.15) is 18.1 Å². The van der Waals surface area contributed by atoms with Crippen LogP contribution in [0.2, 0.25) is 0 Å². The minimum Gasteiger partial charge on any atom is -0.378 e. The molecular weight excluding hydrogens is 496 g/mol. The van der Waals surface area contributed by atoms with Crippen molar-refractivity contribution in [1.82, 2.24) is 20.3 Å². The first-order valence-electron chi connectivity index (χ1n) is 12.0. The molecule has 0 radical (unpaired) electrons. The summed E-state index contributed by atoms with van der Waals surface area (Å²) in [5.74, 6) is -1.74. The molecule has 13 heteroatoms. The molecule has 3 N–H and O–H groups in total. The number of nitrogens with zero attached hydrogens (tertiary/aromatic N) is 1. The summed E-state index contributed by atoms with van der Waals surface area (Å²) in [6.45, 7) is 1.90. The number of fused-ring (bicyclic) bond motifs is 1. The van der Waals surface area contributed by atoms with Gasteiger partial charge in [-0.25, -0.2) is 13.2 Å². The first-order chi connectivity index (χ1) is 16.6. The second kappa shape index (κ2) is 11.6. The molecule has 1 aliphatic carbocycles. The van der Waals surface area contributed by atoms with E-state index in [1.54, 1.807) is 13.0 Å². The molecule has 4 amide bonds. The number of thiol groups is 1. The van der Waals surface area contributed by atoms with Gasteiger partial charge in [-0.1, -0.05) is 25.0 Å². The van der Waals surface area contributed by atoms with Crippen LogP contribution in [0, 0.1) is 0 Å². The molecule has 11 nitrogen and oxygen atoms in total. The van der Waals surface area contributed by atoms with Gasteiger partial charge in [0.05, 0.1) is 4.75 Å². The Morgan fingerprint density at radius 3 is 2.57 bits per heavy atom. The Balaban J connectivity index is 1.79. The molecule has 2 fully saturated rings. The van der Waals surface area contributed by atoms with Gasteiger partial charge in [0.15, 0.2) is 0 Å². The standard InChI is InChI=1S/C22H34N4O7S2/c1-22(12-13-22)35(31,32)25-18(27)15-9-6-4-2-3-5-7-10-16(24-21(30)33-34)20(29)26-14-8-11-17(26)19(28)23-15/h4,6,15-17,34H,2-3,5,7-14H2,1H3,(H,23,28)(H,24,30)(H,25,27)/b6-4-/t15?,16-,17?/m0/s1. The van der Waals surface area contributed by atoms with Crippen molar-refractivity contribution in [3.63, 3.8) is 0 Å². The summed E-state index contributed by atoms with van der Waals surface area (Å²) in [6, 6.07) is -2.81. The molecule has 0 aromatic carbocycles. The van der Waals surface area contributed by atoms with Crippen molar-refractivity contribution in [3.05, 3.63) is 12.2 Å². The number of amides is 4. The van der Waals surface area contributed by atoms with E-state index in [1.165, 1.54) is 4.90 Å².